The van der Waals surface area contributed by atoms with Crippen LogP contribution in [0.2, 0.25) is 0 Å². The van der Waals surface area contributed by atoms with Gasteiger partial charge < -0.3 is 10.5 Å². The minimum atomic E-state index is -0.363. The van der Waals surface area contributed by atoms with E-state index in [4.69, 9.17) is 10.5 Å². The highest BCUT2D eigenvalue weighted by Crippen LogP contribution is 2.23. The molecule has 0 atom stereocenters. The Balaban J connectivity index is 2.39. The number of hydrogen-bond acceptors (Lipinski definition) is 4. The van der Waals surface area contributed by atoms with Gasteiger partial charge in [-0.3, -0.25) is 4.79 Å². The van der Waals surface area contributed by atoms with E-state index in [-0.39, 0.29) is 11.4 Å². The van der Waals surface area contributed by atoms with Crippen molar-refractivity contribution < 1.29 is 9.53 Å². The van der Waals surface area contributed by atoms with Crippen LogP contribution in [0.25, 0.3) is 12.2 Å². The number of nitriles is 1. The molecule has 0 saturated heterocycles. The van der Waals surface area contributed by atoms with Gasteiger partial charge in [-0.2, -0.15) is 5.26 Å². The number of nitrogens with zero attached hydrogens (tertiary/aromatic N) is 1. The second kappa shape index (κ2) is 7.10. The van der Waals surface area contributed by atoms with E-state index in [2.05, 4.69) is 6.58 Å². The molecule has 0 bridgehead atoms. The zero-order chi connectivity index (χ0) is 16.8. The predicted octanol–water partition coefficient (Wildman–Crippen LogP) is 3.71. The lowest BCUT2D eigenvalue weighted by Gasteiger charge is -2.07. The summed E-state index contributed by atoms with van der Waals surface area (Å²) < 4.78 is 5.23. The van der Waals surface area contributed by atoms with Crippen molar-refractivity contribution in [3.63, 3.8) is 0 Å². The highest BCUT2D eigenvalue weighted by molar-refractivity contribution is 6.14. The Labute approximate surface area is 135 Å². The maximum Gasteiger partial charge on any atom is 0.203 e. The molecule has 4 nitrogen and oxygen atoms in total. The Hall–Kier alpha value is -3.32. The Bertz CT molecular complexity index is 812. The number of anilines is 1. The molecular weight excluding hydrogens is 288 g/mol. The first kappa shape index (κ1) is 16.1. The van der Waals surface area contributed by atoms with E-state index in [0.717, 1.165) is 11.1 Å². The van der Waals surface area contributed by atoms with Crippen LogP contribution in [0.3, 0.4) is 0 Å². The zero-order valence-corrected chi connectivity index (χ0v) is 12.7. The summed E-state index contributed by atoms with van der Waals surface area (Å²) in [7, 11) is 1.52. The fraction of sp³-hybridized carbons (Fsp3) is 0.0526. The number of nitrogen functional groups attached to an aromatic ring is 1. The third-order valence-electron chi connectivity index (χ3n) is 3.33. The topological polar surface area (TPSA) is 76.1 Å². The van der Waals surface area contributed by atoms with Gasteiger partial charge in [-0.1, -0.05) is 36.9 Å². The molecule has 0 spiro atoms. The predicted molar refractivity (Wildman–Crippen MR) is 91.9 cm³/mol. The average molecular weight is 304 g/mol. The van der Waals surface area contributed by atoms with Gasteiger partial charge in [0, 0.05) is 16.8 Å². The maximum absolute atomic E-state index is 12.5. The molecule has 4 heteroatoms. The SMILES string of the molecule is C=Cc1ccc(C(=O)C(C#N)=Cc2ccc(N)cc2)cc1OC. The Morgan fingerprint density at radius 2 is 1.96 bits per heavy atom. The molecule has 0 aliphatic rings. The molecule has 2 aromatic rings. The van der Waals surface area contributed by atoms with Crippen LogP contribution < -0.4 is 10.5 Å². The van der Waals surface area contributed by atoms with Crippen molar-refractivity contribution in [2.24, 2.45) is 0 Å². The quantitative estimate of drug-likeness (QED) is 0.395. The van der Waals surface area contributed by atoms with Gasteiger partial charge in [0.25, 0.3) is 0 Å². The second-order valence-electron chi connectivity index (χ2n) is 4.83. The van der Waals surface area contributed by atoms with Gasteiger partial charge in [-0.15, -0.1) is 0 Å². The summed E-state index contributed by atoms with van der Waals surface area (Å²) >= 11 is 0. The summed E-state index contributed by atoms with van der Waals surface area (Å²) in [6, 6.07) is 13.9. The maximum atomic E-state index is 12.5. The number of nitrogens with two attached hydrogens (primary N) is 1. The van der Waals surface area contributed by atoms with Crippen LogP contribution in [0.5, 0.6) is 5.75 Å². The third-order valence-corrected chi connectivity index (χ3v) is 3.33. The van der Waals surface area contributed by atoms with Crippen LogP contribution in [0.4, 0.5) is 5.69 Å². The molecule has 0 radical (unpaired) electrons. The summed E-state index contributed by atoms with van der Waals surface area (Å²) in [4.78, 5) is 12.5. The van der Waals surface area contributed by atoms with Crippen molar-refractivity contribution >= 4 is 23.6 Å². The van der Waals surface area contributed by atoms with E-state index in [0.29, 0.717) is 17.0 Å². The van der Waals surface area contributed by atoms with E-state index < -0.39 is 0 Å². The molecule has 23 heavy (non-hydrogen) atoms. The Morgan fingerprint density at radius 1 is 1.26 bits per heavy atom. The molecule has 0 amide bonds. The molecule has 2 rings (SSSR count). The molecule has 0 saturated carbocycles. The molecule has 0 aliphatic carbocycles. The fourth-order valence-electron chi connectivity index (χ4n) is 2.08. The summed E-state index contributed by atoms with van der Waals surface area (Å²) in [5, 5.41) is 9.29. The summed E-state index contributed by atoms with van der Waals surface area (Å²) in [6.45, 7) is 3.69. The Kier molecular flexibility index (Phi) is 4.96. The van der Waals surface area contributed by atoms with Crippen LogP contribution >= 0.6 is 0 Å². The van der Waals surface area contributed by atoms with Gasteiger partial charge in [0.15, 0.2) is 0 Å². The minimum Gasteiger partial charge on any atom is -0.496 e. The number of ketones is 1. The lowest BCUT2D eigenvalue weighted by molar-refractivity contribution is 0.103. The smallest absolute Gasteiger partial charge is 0.203 e. The molecular formula is C19H16N2O2. The fourth-order valence-corrected chi connectivity index (χ4v) is 2.08. The third kappa shape index (κ3) is 3.66. The van der Waals surface area contributed by atoms with Crippen LogP contribution in [0, 0.1) is 11.3 Å². The standard InChI is InChI=1S/C19H16N2O2/c1-3-14-6-7-15(11-18(14)23-2)19(22)16(12-20)10-13-4-8-17(21)9-5-13/h3-11H,1,21H2,2H3. The van der Waals surface area contributed by atoms with E-state index in [1.54, 1.807) is 48.5 Å². The number of rotatable bonds is 5. The number of carbonyl (C=O) groups is 1. The van der Waals surface area contributed by atoms with Crippen molar-refractivity contribution in [2.45, 2.75) is 0 Å². The van der Waals surface area contributed by atoms with Crippen molar-refractivity contribution in [3.8, 4) is 11.8 Å². The highest BCUT2D eigenvalue weighted by Gasteiger charge is 2.14. The van der Waals surface area contributed by atoms with Crippen molar-refractivity contribution in [3.05, 3.63) is 71.3 Å². The lowest BCUT2D eigenvalue weighted by Crippen LogP contribution is -2.03. The first-order chi connectivity index (χ1) is 11.1. The molecule has 0 unspecified atom stereocenters. The van der Waals surface area contributed by atoms with Crippen LogP contribution in [-0.2, 0) is 0 Å². The monoisotopic (exact) mass is 304 g/mol. The number of benzene rings is 2. The summed E-state index contributed by atoms with van der Waals surface area (Å²) in [6.07, 6.45) is 3.18. The van der Waals surface area contributed by atoms with E-state index >= 15 is 0 Å². The van der Waals surface area contributed by atoms with Crippen molar-refractivity contribution in [2.75, 3.05) is 12.8 Å². The number of hydrogen-bond donors (Lipinski definition) is 1. The van der Waals surface area contributed by atoms with E-state index in [1.807, 2.05) is 6.07 Å². The number of Topliss-reactive ketones (excluding diaryl/α,β-unsaturated/α-hetero) is 1. The minimum absolute atomic E-state index is 0.0446. The van der Waals surface area contributed by atoms with Crippen LogP contribution in [0.1, 0.15) is 21.5 Å². The molecule has 0 fully saturated rings. The number of allylic oxidation sites excluding steroid dienone is 1. The normalized spacial score (nSPS) is 10.7. The van der Waals surface area contributed by atoms with Crippen molar-refractivity contribution in [1.82, 2.24) is 0 Å². The molecule has 114 valence electrons. The number of ether oxygens (including phenoxy) is 1. The molecule has 0 aromatic heterocycles. The van der Waals surface area contributed by atoms with Crippen molar-refractivity contribution in [1.29, 1.82) is 5.26 Å². The van der Waals surface area contributed by atoms with Gasteiger partial charge in [0.2, 0.25) is 5.78 Å². The molecule has 0 aliphatic heterocycles. The average Bonchev–Trinajstić information content (AvgIpc) is 2.60. The van der Waals surface area contributed by atoms with Crippen LogP contribution in [-0.4, -0.2) is 12.9 Å². The molecule has 2 aromatic carbocycles. The van der Waals surface area contributed by atoms with Gasteiger partial charge >= 0.3 is 0 Å². The Morgan fingerprint density at radius 3 is 2.52 bits per heavy atom. The van der Waals surface area contributed by atoms with Gasteiger partial charge in [0.1, 0.15) is 17.4 Å². The lowest BCUT2D eigenvalue weighted by atomic mass is 10.00. The highest BCUT2D eigenvalue weighted by atomic mass is 16.5. The number of methoxy groups -OCH3 is 1. The first-order valence-corrected chi connectivity index (χ1v) is 6.91. The molecule has 2 N–H and O–H groups in total. The van der Waals surface area contributed by atoms with E-state index in [9.17, 15) is 10.1 Å². The van der Waals surface area contributed by atoms with Gasteiger partial charge in [0.05, 0.1) is 7.11 Å². The first-order valence-electron chi connectivity index (χ1n) is 6.91. The zero-order valence-electron chi connectivity index (χ0n) is 12.7. The molecule has 0 heterocycles. The summed E-state index contributed by atoms with van der Waals surface area (Å²) in [5.41, 5.74) is 8.19. The van der Waals surface area contributed by atoms with Gasteiger partial charge in [-0.25, -0.2) is 0 Å². The van der Waals surface area contributed by atoms with Gasteiger partial charge in [-0.05, 0) is 29.8 Å². The van der Waals surface area contributed by atoms with Crippen LogP contribution in [0.15, 0.2) is 54.6 Å². The second-order valence-corrected chi connectivity index (χ2v) is 4.83. The summed E-state index contributed by atoms with van der Waals surface area (Å²) in [5.74, 6) is 0.175. The number of carbonyl (C=O) groups excluding carboxylic acids is 1. The largest absolute Gasteiger partial charge is 0.496 e. The van der Waals surface area contributed by atoms with E-state index in [1.165, 1.54) is 13.2 Å².